The van der Waals surface area contributed by atoms with E-state index in [-0.39, 0.29) is 6.04 Å². The van der Waals surface area contributed by atoms with Gasteiger partial charge in [-0.15, -0.1) is 0 Å². The first kappa shape index (κ1) is 13.7. The fraction of sp³-hybridized carbons (Fsp3) is 0.467. The maximum absolute atomic E-state index is 6.23. The van der Waals surface area contributed by atoms with Gasteiger partial charge in [-0.25, -0.2) is 0 Å². The lowest BCUT2D eigenvalue weighted by molar-refractivity contribution is 0.570. The van der Waals surface area contributed by atoms with Crippen molar-refractivity contribution < 1.29 is 0 Å². The van der Waals surface area contributed by atoms with E-state index in [2.05, 4.69) is 34.7 Å². The molecule has 0 amide bonds. The van der Waals surface area contributed by atoms with Crippen LogP contribution in [0.3, 0.4) is 0 Å². The Kier molecular flexibility index (Phi) is 4.68. The zero-order chi connectivity index (χ0) is 13.7. The summed E-state index contributed by atoms with van der Waals surface area (Å²) in [5.41, 5.74) is 9.65. The summed E-state index contributed by atoms with van der Waals surface area (Å²) in [7, 11) is 0. The molecule has 0 spiro atoms. The molecule has 0 radical (unpaired) electrons. The lowest BCUT2D eigenvalue weighted by Gasteiger charge is -2.12. The number of aromatic nitrogens is 3. The normalized spacial score (nSPS) is 12.6. The number of rotatable bonds is 6. The van der Waals surface area contributed by atoms with Crippen molar-refractivity contribution in [2.45, 2.75) is 45.7 Å². The van der Waals surface area contributed by atoms with Gasteiger partial charge in [0.15, 0.2) is 0 Å². The highest BCUT2D eigenvalue weighted by molar-refractivity contribution is 5.13. The summed E-state index contributed by atoms with van der Waals surface area (Å²) >= 11 is 0. The van der Waals surface area contributed by atoms with Gasteiger partial charge in [-0.3, -0.25) is 9.67 Å². The van der Waals surface area contributed by atoms with Crippen LogP contribution in [-0.4, -0.2) is 20.8 Å². The summed E-state index contributed by atoms with van der Waals surface area (Å²) in [5.74, 6) is 0. The average Bonchev–Trinajstić information content (AvgIpc) is 2.82. The summed E-state index contributed by atoms with van der Waals surface area (Å²) in [4.78, 5) is 4.32. The number of aryl methyl sites for hydroxylation is 2. The van der Waals surface area contributed by atoms with Gasteiger partial charge in [-0.1, -0.05) is 13.0 Å². The van der Waals surface area contributed by atoms with Gasteiger partial charge in [-0.2, -0.15) is 5.10 Å². The molecule has 4 heteroatoms. The van der Waals surface area contributed by atoms with Crippen LogP contribution in [0.1, 0.15) is 30.9 Å². The SMILES string of the molecule is CCc1cc(CC(N)Cc2ccccn2)n(CC)n1. The van der Waals surface area contributed by atoms with Crippen LogP contribution in [0.15, 0.2) is 30.5 Å². The highest BCUT2D eigenvalue weighted by Crippen LogP contribution is 2.10. The van der Waals surface area contributed by atoms with E-state index in [4.69, 9.17) is 5.73 Å². The lowest BCUT2D eigenvalue weighted by atomic mass is 10.1. The second-order valence-corrected chi connectivity index (χ2v) is 4.79. The lowest BCUT2D eigenvalue weighted by Crippen LogP contribution is -2.27. The van der Waals surface area contributed by atoms with E-state index in [0.29, 0.717) is 0 Å². The Morgan fingerprint density at radius 3 is 2.68 bits per heavy atom. The Bertz CT molecular complexity index is 504. The molecule has 2 rings (SSSR count). The van der Waals surface area contributed by atoms with Crippen molar-refractivity contribution in [2.75, 3.05) is 0 Å². The van der Waals surface area contributed by atoms with E-state index in [1.807, 2.05) is 24.4 Å². The van der Waals surface area contributed by atoms with Crippen LogP contribution in [0, 0.1) is 0 Å². The standard InChI is InChI=1S/C15H22N4/c1-3-13-11-15(19(4-2)18-13)10-12(16)9-14-7-5-6-8-17-14/h5-8,11-12H,3-4,9-10,16H2,1-2H3. The largest absolute Gasteiger partial charge is 0.327 e. The smallest absolute Gasteiger partial charge is 0.0624 e. The summed E-state index contributed by atoms with van der Waals surface area (Å²) in [6.45, 7) is 5.13. The number of pyridine rings is 1. The first-order valence-corrected chi connectivity index (χ1v) is 6.94. The van der Waals surface area contributed by atoms with Crippen molar-refractivity contribution in [3.8, 4) is 0 Å². The molecular weight excluding hydrogens is 236 g/mol. The zero-order valence-corrected chi connectivity index (χ0v) is 11.7. The van der Waals surface area contributed by atoms with Crippen LogP contribution < -0.4 is 5.73 Å². The first-order chi connectivity index (χ1) is 9.22. The molecule has 0 fully saturated rings. The fourth-order valence-electron chi connectivity index (χ4n) is 2.25. The molecule has 2 aromatic rings. The van der Waals surface area contributed by atoms with Crippen molar-refractivity contribution >= 4 is 0 Å². The Labute approximate surface area is 114 Å². The fourth-order valence-corrected chi connectivity index (χ4v) is 2.25. The Morgan fingerprint density at radius 2 is 2.05 bits per heavy atom. The molecule has 0 aliphatic rings. The van der Waals surface area contributed by atoms with E-state index in [1.54, 1.807) is 0 Å². The highest BCUT2D eigenvalue weighted by atomic mass is 15.3. The molecular formula is C15H22N4. The van der Waals surface area contributed by atoms with E-state index in [9.17, 15) is 0 Å². The third-order valence-corrected chi connectivity index (χ3v) is 3.24. The quantitative estimate of drug-likeness (QED) is 0.862. The Balaban J connectivity index is 2.02. The van der Waals surface area contributed by atoms with Crippen molar-refractivity contribution in [3.05, 3.63) is 47.5 Å². The second-order valence-electron chi connectivity index (χ2n) is 4.79. The number of hydrogen-bond acceptors (Lipinski definition) is 3. The van der Waals surface area contributed by atoms with Crippen molar-refractivity contribution in [1.82, 2.24) is 14.8 Å². The van der Waals surface area contributed by atoms with E-state index in [1.165, 1.54) is 5.69 Å². The molecule has 1 atom stereocenters. The molecule has 19 heavy (non-hydrogen) atoms. The third-order valence-electron chi connectivity index (χ3n) is 3.24. The van der Waals surface area contributed by atoms with Crippen LogP contribution in [0.2, 0.25) is 0 Å². The zero-order valence-electron chi connectivity index (χ0n) is 11.7. The van der Waals surface area contributed by atoms with E-state index >= 15 is 0 Å². The van der Waals surface area contributed by atoms with Gasteiger partial charge in [0.2, 0.25) is 0 Å². The summed E-state index contributed by atoms with van der Waals surface area (Å²) in [6, 6.07) is 8.20. The molecule has 0 aliphatic carbocycles. The summed E-state index contributed by atoms with van der Waals surface area (Å²) in [5, 5.41) is 4.55. The predicted octanol–water partition coefficient (Wildman–Crippen LogP) is 1.97. The monoisotopic (exact) mass is 258 g/mol. The number of hydrogen-bond donors (Lipinski definition) is 1. The second kappa shape index (κ2) is 6.48. The van der Waals surface area contributed by atoms with Crippen LogP contribution in [-0.2, 0) is 25.8 Å². The molecule has 2 N–H and O–H groups in total. The van der Waals surface area contributed by atoms with Gasteiger partial charge >= 0.3 is 0 Å². The topological polar surface area (TPSA) is 56.7 Å². The van der Waals surface area contributed by atoms with Crippen molar-refractivity contribution in [1.29, 1.82) is 0 Å². The maximum Gasteiger partial charge on any atom is 0.0624 e. The molecule has 2 heterocycles. The van der Waals surface area contributed by atoms with E-state index < -0.39 is 0 Å². The maximum atomic E-state index is 6.23. The highest BCUT2D eigenvalue weighted by Gasteiger charge is 2.11. The molecule has 0 aromatic carbocycles. The Hall–Kier alpha value is -1.68. The van der Waals surface area contributed by atoms with Crippen LogP contribution in [0.25, 0.3) is 0 Å². The first-order valence-electron chi connectivity index (χ1n) is 6.94. The minimum atomic E-state index is 0.0848. The van der Waals surface area contributed by atoms with Crippen molar-refractivity contribution in [2.24, 2.45) is 5.73 Å². The van der Waals surface area contributed by atoms with E-state index in [0.717, 1.165) is 37.2 Å². The molecule has 0 saturated carbocycles. The van der Waals surface area contributed by atoms with Gasteiger partial charge in [-0.05, 0) is 31.5 Å². The molecule has 4 nitrogen and oxygen atoms in total. The molecule has 0 saturated heterocycles. The Morgan fingerprint density at radius 1 is 1.21 bits per heavy atom. The third kappa shape index (κ3) is 3.64. The average molecular weight is 258 g/mol. The molecule has 0 aliphatic heterocycles. The number of nitrogens with two attached hydrogens (primary N) is 1. The van der Waals surface area contributed by atoms with Gasteiger partial charge in [0.1, 0.15) is 0 Å². The molecule has 0 bridgehead atoms. The van der Waals surface area contributed by atoms with Crippen LogP contribution >= 0.6 is 0 Å². The minimum absolute atomic E-state index is 0.0848. The number of nitrogens with zero attached hydrogens (tertiary/aromatic N) is 3. The van der Waals surface area contributed by atoms with Crippen molar-refractivity contribution in [3.63, 3.8) is 0 Å². The summed E-state index contributed by atoms with van der Waals surface area (Å²) < 4.78 is 2.05. The molecule has 1 unspecified atom stereocenters. The summed E-state index contributed by atoms with van der Waals surface area (Å²) in [6.07, 6.45) is 4.43. The van der Waals surface area contributed by atoms with Gasteiger partial charge in [0.05, 0.1) is 5.69 Å². The van der Waals surface area contributed by atoms with Gasteiger partial charge in [0.25, 0.3) is 0 Å². The van der Waals surface area contributed by atoms with Gasteiger partial charge < -0.3 is 5.73 Å². The molecule has 2 aromatic heterocycles. The molecule has 102 valence electrons. The van der Waals surface area contributed by atoms with Gasteiger partial charge in [0, 0.05) is 43.0 Å². The van der Waals surface area contributed by atoms with Crippen LogP contribution in [0.5, 0.6) is 0 Å². The van der Waals surface area contributed by atoms with Crippen LogP contribution in [0.4, 0.5) is 0 Å². The minimum Gasteiger partial charge on any atom is -0.327 e. The predicted molar refractivity (Wildman–Crippen MR) is 76.9 cm³/mol.